The summed E-state index contributed by atoms with van der Waals surface area (Å²) in [6.07, 6.45) is 0. The van der Waals surface area contributed by atoms with E-state index in [1.54, 1.807) is 6.07 Å². The van der Waals surface area contributed by atoms with Crippen LogP contribution in [0.15, 0.2) is 18.2 Å². The van der Waals surface area contributed by atoms with Crippen LogP contribution in [0.2, 0.25) is 5.02 Å². The fourth-order valence-electron chi connectivity index (χ4n) is 0.520. The summed E-state index contributed by atoms with van der Waals surface area (Å²) in [5.41, 5.74) is 0.275. The molecule has 0 aliphatic carbocycles. The van der Waals surface area contributed by atoms with E-state index in [0.29, 0.717) is 0 Å². The van der Waals surface area contributed by atoms with Gasteiger partial charge in [0.15, 0.2) is 0 Å². The topological polar surface area (TPSA) is 63.0 Å². The van der Waals surface area contributed by atoms with E-state index in [0.717, 1.165) is 0 Å². The Bertz CT molecular complexity index is 212. The summed E-state index contributed by atoms with van der Waals surface area (Å²) >= 11 is 5.38. The van der Waals surface area contributed by atoms with E-state index >= 15 is 0 Å². The smallest absolute Gasteiger partial charge is 0.141 e. The molecule has 0 atom stereocenters. The quantitative estimate of drug-likeness (QED) is 0.484. The first kappa shape index (κ1) is 13.0. The van der Waals surface area contributed by atoms with Gasteiger partial charge in [0.25, 0.3) is 0 Å². The van der Waals surface area contributed by atoms with Crippen LogP contribution in [0.4, 0.5) is 4.39 Å². The lowest BCUT2D eigenvalue weighted by molar-refractivity contribution is 0.629. The fourth-order valence-corrected chi connectivity index (χ4v) is 0.646. The van der Waals surface area contributed by atoms with Gasteiger partial charge < -0.3 is 11.0 Å². The zero-order valence-electron chi connectivity index (χ0n) is 5.57. The van der Waals surface area contributed by atoms with Crippen molar-refractivity contribution in [1.82, 2.24) is 0 Å². The van der Waals surface area contributed by atoms with Crippen LogP contribution in [0.5, 0.6) is 0 Å². The van der Waals surface area contributed by atoms with Crippen molar-refractivity contribution >= 4 is 24.9 Å². The van der Waals surface area contributed by atoms with Gasteiger partial charge in [-0.3, -0.25) is 0 Å². The maximum atomic E-state index is 12.4. The van der Waals surface area contributed by atoms with Crippen LogP contribution in [0, 0.1) is 5.82 Å². The normalized spacial score (nSPS) is 7.82. The Morgan fingerprint density at radius 2 is 1.82 bits per heavy atom. The molecule has 1 aromatic carbocycles. The van der Waals surface area contributed by atoms with E-state index in [2.05, 4.69) is 0 Å². The summed E-state index contributed by atoms with van der Waals surface area (Å²) in [5.74, 6) is -0.475. The second-order valence-corrected chi connectivity index (χ2v) is 2.02. The van der Waals surface area contributed by atoms with Crippen molar-refractivity contribution in [3.8, 4) is 0 Å². The Hall–Kier alpha value is -0.575. The Labute approximate surface area is 70.0 Å². The van der Waals surface area contributed by atoms with Crippen LogP contribution in [-0.2, 0) is 0 Å². The van der Waals surface area contributed by atoms with Crippen LogP contribution >= 0.6 is 11.6 Å². The van der Waals surface area contributed by atoms with E-state index in [1.165, 1.54) is 12.1 Å². The van der Waals surface area contributed by atoms with Crippen LogP contribution in [0.3, 0.4) is 0 Å². The molecular weight excluding hydrogens is 169 g/mol. The summed E-state index contributed by atoms with van der Waals surface area (Å²) in [5, 5.41) is -0.00231. The van der Waals surface area contributed by atoms with Crippen LogP contribution in [0.25, 0.3) is 0 Å². The summed E-state index contributed by atoms with van der Waals surface area (Å²) < 4.78 is 12.4. The molecule has 2 radical (unpaired) electrons. The van der Waals surface area contributed by atoms with Crippen molar-refractivity contribution in [3.05, 3.63) is 29.0 Å². The molecule has 0 aliphatic rings. The molecule has 0 aliphatic heterocycles. The van der Waals surface area contributed by atoms with Gasteiger partial charge in [-0.2, -0.15) is 0 Å². The molecule has 0 saturated carbocycles. The lowest BCUT2D eigenvalue weighted by Crippen LogP contribution is -2.04. The molecular formula is C6H7BClFO2. The average Bonchev–Trinajstić information content (AvgIpc) is 1.83. The Balaban J connectivity index is 0. The van der Waals surface area contributed by atoms with Crippen LogP contribution < -0.4 is 5.46 Å². The van der Waals surface area contributed by atoms with E-state index in [9.17, 15) is 4.39 Å². The maximum absolute atomic E-state index is 12.4. The standard InChI is InChI=1S/C6H3BClF.2H2O/c7-4-2-1-3-5(9)6(4)8;;/h1-3H;2*1H2. The summed E-state index contributed by atoms with van der Waals surface area (Å²) in [6, 6.07) is 4.32. The van der Waals surface area contributed by atoms with Crippen molar-refractivity contribution in [2.24, 2.45) is 0 Å². The Kier molecular flexibility index (Phi) is 6.08. The molecule has 0 unspecified atom stereocenters. The monoisotopic (exact) mass is 176 g/mol. The van der Waals surface area contributed by atoms with Gasteiger partial charge in [-0.05, 0) is 6.07 Å². The zero-order chi connectivity index (χ0) is 6.85. The Morgan fingerprint density at radius 1 is 1.27 bits per heavy atom. The van der Waals surface area contributed by atoms with Gasteiger partial charge in [0, 0.05) is 0 Å². The third-order valence-electron chi connectivity index (χ3n) is 0.981. The second-order valence-electron chi connectivity index (χ2n) is 1.64. The van der Waals surface area contributed by atoms with Crippen molar-refractivity contribution in [3.63, 3.8) is 0 Å². The first-order valence-corrected chi connectivity index (χ1v) is 2.79. The van der Waals surface area contributed by atoms with Gasteiger partial charge in [0.05, 0.1) is 5.02 Å². The number of rotatable bonds is 0. The van der Waals surface area contributed by atoms with Gasteiger partial charge in [0.1, 0.15) is 13.7 Å². The van der Waals surface area contributed by atoms with Gasteiger partial charge in [0.2, 0.25) is 0 Å². The molecule has 60 valence electrons. The SMILES string of the molecule is O.O.[B]c1cccc(F)c1Cl. The van der Waals surface area contributed by atoms with E-state index in [-0.39, 0.29) is 21.4 Å². The first-order valence-electron chi connectivity index (χ1n) is 2.41. The summed E-state index contributed by atoms with van der Waals surface area (Å²) in [6.45, 7) is 0. The molecule has 0 aromatic heterocycles. The summed E-state index contributed by atoms with van der Waals surface area (Å²) in [7, 11) is 5.25. The predicted molar refractivity (Wildman–Crippen MR) is 44.0 cm³/mol. The first-order chi connectivity index (χ1) is 4.22. The van der Waals surface area contributed by atoms with Crippen LogP contribution in [-0.4, -0.2) is 18.8 Å². The molecule has 1 aromatic rings. The lowest BCUT2D eigenvalue weighted by atomic mass is 9.96. The minimum atomic E-state index is -0.475. The highest BCUT2D eigenvalue weighted by Gasteiger charge is 1.98. The van der Waals surface area contributed by atoms with Gasteiger partial charge in [-0.15, -0.1) is 0 Å². The summed E-state index contributed by atoms with van der Waals surface area (Å²) in [4.78, 5) is 0. The van der Waals surface area contributed by atoms with E-state index in [4.69, 9.17) is 19.4 Å². The van der Waals surface area contributed by atoms with E-state index < -0.39 is 5.82 Å². The molecule has 0 fully saturated rings. The molecule has 0 saturated heterocycles. The number of hydrogen-bond donors (Lipinski definition) is 0. The predicted octanol–water partition coefficient (Wildman–Crippen LogP) is -0.377. The average molecular weight is 176 g/mol. The van der Waals surface area contributed by atoms with Crippen molar-refractivity contribution in [2.75, 3.05) is 0 Å². The molecule has 0 spiro atoms. The number of benzene rings is 1. The van der Waals surface area contributed by atoms with E-state index in [1.807, 2.05) is 0 Å². The lowest BCUT2D eigenvalue weighted by Gasteiger charge is -1.95. The largest absolute Gasteiger partial charge is 0.412 e. The number of hydrogen-bond acceptors (Lipinski definition) is 0. The second kappa shape index (κ2) is 5.13. The Morgan fingerprint density at radius 3 is 2.18 bits per heavy atom. The fraction of sp³-hybridized carbons (Fsp3) is 0. The molecule has 2 nitrogen and oxygen atoms in total. The third kappa shape index (κ3) is 2.88. The molecule has 0 amide bonds. The number of halogens is 2. The van der Waals surface area contributed by atoms with Gasteiger partial charge in [-0.25, -0.2) is 4.39 Å². The minimum Gasteiger partial charge on any atom is -0.412 e. The third-order valence-corrected chi connectivity index (χ3v) is 1.38. The molecule has 0 bridgehead atoms. The van der Waals surface area contributed by atoms with Crippen LogP contribution in [0.1, 0.15) is 0 Å². The molecule has 11 heavy (non-hydrogen) atoms. The van der Waals surface area contributed by atoms with Gasteiger partial charge >= 0.3 is 0 Å². The van der Waals surface area contributed by atoms with Crippen molar-refractivity contribution < 1.29 is 15.3 Å². The highest BCUT2D eigenvalue weighted by atomic mass is 35.5. The molecule has 4 N–H and O–H groups in total. The van der Waals surface area contributed by atoms with Crippen molar-refractivity contribution in [1.29, 1.82) is 0 Å². The van der Waals surface area contributed by atoms with Gasteiger partial charge in [-0.1, -0.05) is 29.2 Å². The zero-order valence-corrected chi connectivity index (χ0v) is 6.32. The van der Waals surface area contributed by atoms with Crippen molar-refractivity contribution in [2.45, 2.75) is 0 Å². The highest BCUT2D eigenvalue weighted by molar-refractivity contribution is 6.45. The minimum absolute atomic E-state index is 0. The molecule has 5 heteroatoms. The maximum Gasteiger partial charge on any atom is 0.141 e. The molecule has 0 heterocycles. The molecule has 1 rings (SSSR count). The highest BCUT2D eigenvalue weighted by Crippen LogP contribution is 2.08.